The van der Waals surface area contributed by atoms with Gasteiger partial charge in [-0.3, -0.25) is 4.79 Å². The van der Waals surface area contributed by atoms with Crippen LogP contribution in [0.3, 0.4) is 0 Å². The highest BCUT2D eigenvalue weighted by atomic mass is 16.5. The van der Waals surface area contributed by atoms with Crippen molar-refractivity contribution in [1.82, 2.24) is 15.1 Å². The first-order valence-electron chi connectivity index (χ1n) is 14.6. The molecule has 9 nitrogen and oxygen atoms in total. The van der Waals surface area contributed by atoms with E-state index in [9.17, 15) is 19.5 Å². The Morgan fingerprint density at radius 2 is 1.61 bits per heavy atom. The standard InChI is InChI=1S/C32H45N3O6/c1-6-40-28-21-27(22-29(23(28)3)41-7-2)24(4)35(18-12-11-15-26-13-9-8-10-14-26)31(39)33-32(30(37)38)16-19-34(20-17-32)25(5)36/h8-10,13-14,21-22,24H,6-7,11-12,15-20H2,1-5H3,(H,33,39)(H,37,38)/t24-/m1/s1. The molecule has 1 saturated heterocycles. The number of aryl methyl sites for hydroxylation is 1. The van der Waals surface area contributed by atoms with Crippen LogP contribution in [0.5, 0.6) is 11.5 Å². The number of carboxylic acids is 1. The van der Waals surface area contributed by atoms with Gasteiger partial charge in [-0.2, -0.15) is 0 Å². The molecule has 9 heteroatoms. The summed E-state index contributed by atoms with van der Waals surface area (Å²) >= 11 is 0. The number of rotatable bonds is 13. The number of carbonyl (C=O) groups excluding carboxylic acids is 2. The fraction of sp³-hybridized carbons (Fsp3) is 0.531. The van der Waals surface area contributed by atoms with Crippen molar-refractivity contribution in [1.29, 1.82) is 0 Å². The molecule has 1 heterocycles. The quantitative estimate of drug-likeness (QED) is 0.316. The summed E-state index contributed by atoms with van der Waals surface area (Å²) in [6.45, 7) is 11.2. The van der Waals surface area contributed by atoms with Gasteiger partial charge in [-0.25, -0.2) is 9.59 Å². The molecule has 224 valence electrons. The zero-order valence-electron chi connectivity index (χ0n) is 25.1. The predicted molar refractivity (Wildman–Crippen MR) is 158 cm³/mol. The van der Waals surface area contributed by atoms with Gasteiger partial charge in [0.05, 0.1) is 19.3 Å². The smallest absolute Gasteiger partial charge is 0.329 e. The maximum absolute atomic E-state index is 13.9. The Bertz CT molecular complexity index is 1150. The molecule has 2 aromatic rings. The first-order valence-corrected chi connectivity index (χ1v) is 14.6. The topological polar surface area (TPSA) is 108 Å². The average Bonchev–Trinajstić information content (AvgIpc) is 2.95. The lowest BCUT2D eigenvalue weighted by Crippen LogP contribution is -2.62. The first-order chi connectivity index (χ1) is 19.6. The van der Waals surface area contributed by atoms with E-state index in [1.807, 2.05) is 58.0 Å². The number of nitrogens with one attached hydrogen (secondary N) is 1. The number of ether oxygens (including phenoxy) is 2. The minimum absolute atomic E-state index is 0.0986. The van der Waals surface area contributed by atoms with Crippen molar-refractivity contribution in [2.45, 2.75) is 78.3 Å². The number of carbonyl (C=O) groups is 3. The van der Waals surface area contributed by atoms with Crippen LogP contribution in [-0.2, 0) is 16.0 Å². The molecule has 1 aliphatic rings. The molecule has 3 amide bonds. The monoisotopic (exact) mass is 567 g/mol. The third kappa shape index (κ3) is 8.15. The number of hydrogen-bond donors (Lipinski definition) is 2. The van der Waals surface area contributed by atoms with E-state index in [0.717, 1.165) is 30.4 Å². The average molecular weight is 568 g/mol. The second-order valence-electron chi connectivity index (χ2n) is 10.6. The number of carboxylic acid groups (broad SMARTS) is 1. The SMILES string of the molecule is CCOc1cc([C@@H](C)N(CCCCc2ccccc2)C(=O)NC2(C(=O)O)CCN(C(C)=O)CC2)cc(OCC)c1C. The van der Waals surface area contributed by atoms with Crippen molar-refractivity contribution in [3.63, 3.8) is 0 Å². The zero-order valence-corrected chi connectivity index (χ0v) is 25.1. The largest absolute Gasteiger partial charge is 0.493 e. The van der Waals surface area contributed by atoms with Crippen LogP contribution in [0, 0.1) is 6.92 Å². The summed E-state index contributed by atoms with van der Waals surface area (Å²) in [5.41, 5.74) is 1.53. The van der Waals surface area contributed by atoms with Crippen molar-refractivity contribution >= 4 is 17.9 Å². The van der Waals surface area contributed by atoms with Crippen LogP contribution in [0.1, 0.15) is 76.1 Å². The number of piperidine rings is 1. The van der Waals surface area contributed by atoms with Crippen LogP contribution in [0.2, 0.25) is 0 Å². The van der Waals surface area contributed by atoms with E-state index in [1.54, 1.807) is 9.80 Å². The molecule has 0 unspecified atom stereocenters. The molecule has 2 N–H and O–H groups in total. The summed E-state index contributed by atoms with van der Waals surface area (Å²) in [7, 11) is 0. The van der Waals surface area contributed by atoms with Gasteiger partial charge in [-0.1, -0.05) is 30.3 Å². The van der Waals surface area contributed by atoms with Gasteiger partial charge in [0, 0.05) is 32.1 Å². The number of hydrogen-bond acceptors (Lipinski definition) is 5. The van der Waals surface area contributed by atoms with Gasteiger partial charge < -0.3 is 29.7 Å². The summed E-state index contributed by atoms with van der Waals surface area (Å²) < 4.78 is 11.8. The molecule has 0 spiro atoms. The fourth-order valence-electron chi connectivity index (χ4n) is 5.31. The number of benzene rings is 2. The van der Waals surface area contributed by atoms with Crippen LogP contribution in [0.25, 0.3) is 0 Å². The third-order valence-corrected chi connectivity index (χ3v) is 7.92. The van der Waals surface area contributed by atoms with E-state index in [4.69, 9.17) is 9.47 Å². The van der Waals surface area contributed by atoms with Crippen LogP contribution in [0.4, 0.5) is 4.79 Å². The number of unbranched alkanes of at least 4 members (excludes halogenated alkanes) is 1. The molecule has 1 aliphatic heterocycles. The lowest BCUT2D eigenvalue weighted by molar-refractivity contribution is -0.148. The highest BCUT2D eigenvalue weighted by molar-refractivity contribution is 5.87. The molecule has 0 radical (unpaired) electrons. The van der Waals surface area contributed by atoms with Crippen molar-refractivity contribution in [3.05, 3.63) is 59.2 Å². The van der Waals surface area contributed by atoms with Gasteiger partial charge in [0.25, 0.3) is 0 Å². The van der Waals surface area contributed by atoms with E-state index in [0.29, 0.717) is 31.3 Å². The molecule has 0 bridgehead atoms. The molecular weight excluding hydrogens is 522 g/mol. The normalized spacial score (nSPS) is 15.1. The van der Waals surface area contributed by atoms with Crippen molar-refractivity contribution in [2.24, 2.45) is 0 Å². The molecular formula is C32H45N3O6. The van der Waals surface area contributed by atoms with Crippen LogP contribution >= 0.6 is 0 Å². The third-order valence-electron chi connectivity index (χ3n) is 7.92. The Hall–Kier alpha value is -3.75. The molecule has 2 aromatic carbocycles. The Morgan fingerprint density at radius 1 is 1.02 bits per heavy atom. The number of amides is 3. The van der Waals surface area contributed by atoms with Gasteiger partial charge in [0.2, 0.25) is 5.91 Å². The molecule has 0 aromatic heterocycles. The van der Waals surface area contributed by atoms with Crippen molar-refractivity contribution < 1.29 is 29.0 Å². The lowest BCUT2D eigenvalue weighted by Gasteiger charge is -2.41. The summed E-state index contributed by atoms with van der Waals surface area (Å²) in [6.07, 6.45) is 2.81. The van der Waals surface area contributed by atoms with Gasteiger partial charge in [0.1, 0.15) is 17.0 Å². The zero-order chi connectivity index (χ0) is 30.0. The van der Waals surface area contributed by atoms with Crippen molar-refractivity contribution in [3.8, 4) is 11.5 Å². The second kappa shape index (κ2) is 14.8. The Morgan fingerprint density at radius 3 is 2.12 bits per heavy atom. The maximum Gasteiger partial charge on any atom is 0.329 e. The molecule has 41 heavy (non-hydrogen) atoms. The number of nitrogens with zero attached hydrogens (tertiary/aromatic N) is 2. The number of likely N-dealkylation sites (tertiary alicyclic amines) is 1. The van der Waals surface area contributed by atoms with Gasteiger partial charge in [-0.05, 0) is 83.1 Å². The van der Waals surface area contributed by atoms with Crippen molar-refractivity contribution in [2.75, 3.05) is 32.8 Å². The Balaban J connectivity index is 1.87. The van der Waals surface area contributed by atoms with Crippen LogP contribution < -0.4 is 14.8 Å². The van der Waals surface area contributed by atoms with E-state index in [-0.39, 0.29) is 37.9 Å². The predicted octanol–water partition coefficient (Wildman–Crippen LogP) is 5.35. The van der Waals surface area contributed by atoms with Crippen LogP contribution in [-0.4, -0.2) is 71.2 Å². The summed E-state index contributed by atoms with van der Waals surface area (Å²) in [4.78, 5) is 41.6. The summed E-state index contributed by atoms with van der Waals surface area (Å²) in [5.74, 6) is 0.212. The molecule has 0 saturated carbocycles. The van der Waals surface area contributed by atoms with E-state index in [2.05, 4.69) is 17.4 Å². The second-order valence-corrected chi connectivity index (χ2v) is 10.6. The minimum Gasteiger partial charge on any atom is -0.493 e. The van der Waals surface area contributed by atoms with Gasteiger partial charge >= 0.3 is 12.0 Å². The minimum atomic E-state index is -1.44. The molecule has 1 fully saturated rings. The highest BCUT2D eigenvalue weighted by Crippen LogP contribution is 2.35. The maximum atomic E-state index is 13.9. The lowest BCUT2D eigenvalue weighted by atomic mass is 9.87. The Kier molecular flexibility index (Phi) is 11.4. The summed E-state index contributed by atoms with van der Waals surface area (Å²) in [5, 5.41) is 13.1. The van der Waals surface area contributed by atoms with Gasteiger partial charge in [-0.15, -0.1) is 0 Å². The van der Waals surface area contributed by atoms with Gasteiger partial charge in [0.15, 0.2) is 0 Å². The molecule has 0 aliphatic carbocycles. The summed E-state index contributed by atoms with van der Waals surface area (Å²) in [6, 6.07) is 13.3. The fourth-order valence-corrected chi connectivity index (χ4v) is 5.31. The molecule has 1 atom stereocenters. The van der Waals surface area contributed by atoms with E-state index >= 15 is 0 Å². The van der Waals surface area contributed by atoms with Crippen LogP contribution in [0.15, 0.2) is 42.5 Å². The van der Waals surface area contributed by atoms with E-state index in [1.165, 1.54) is 12.5 Å². The molecule has 3 rings (SSSR count). The van der Waals surface area contributed by atoms with E-state index < -0.39 is 17.5 Å². The highest BCUT2D eigenvalue weighted by Gasteiger charge is 2.44. The number of aliphatic carboxylic acids is 1. The number of urea groups is 1. The first kappa shape index (κ1) is 31.8. The Labute approximate surface area is 243 Å².